The maximum Gasteiger partial charge on any atom is 0.260 e. The predicted molar refractivity (Wildman–Crippen MR) is 125 cm³/mol. The number of rotatable bonds is 9. The van der Waals surface area contributed by atoms with Crippen molar-refractivity contribution in [2.24, 2.45) is 0 Å². The van der Waals surface area contributed by atoms with Gasteiger partial charge in [-0.3, -0.25) is 9.59 Å². The molecular weight excluding hydrogens is 404 g/mol. The van der Waals surface area contributed by atoms with Gasteiger partial charge in [-0.1, -0.05) is 24.3 Å². The molecule has 1 heterocycles. The number of likely N-dealkylation sites (tertiary alicyclic amines) is 1. The van der Waals surface area contributed by atoms with Crippen molar-refractivity contribution in [2.75, 3.05) is 26.3 Å². The van der Waals surface area contributed by atoms with Gasteiger partial charge in [0.15, 0.2) is 6.61 Å². The highest BCUT2D eigenvalue weighted by Gasteiger charge is 2.24. The van der Waals surface area contributed by atoms with E-state index in [1.54, 1.807) is 0 Å². The van der Waals surface area contributed by atoms with Crippen molar-refractivity contribution in [3.05, 3.63) is 59.2 Å². The molecule has 6 heteroatoms. The number of amides is 2. The number of hydrogen-bond donors (Lipinski definition) is 1. The molecule has 3 rings (SSSR count). The first-order chi connectivity index (χ1) is 15.4. The van der Waals surface area contributed by atoms with Crippen LogP contribution in [0.4, 0.5) is 0 Å². The molecule has 1 N–H and O–H groups in total. The van der Waals surface area contributed by atoms with Gasteiger partial charge in [-0.25, -0.2) is 0 Å². The SMILES string of the molecule is Cc1ccc(OCC(=O)N2CCC(NC(=O)CCCOc3ccccc3C)CC2)cc1C. The summed E-state index contributed by atoms with van der Waals surface area (Å²) in [5.41, 5.74) is 3.44. The lowest BCUT2D eigenvalue weighted by Crippen LogP contribution is -2.47. The third kappa shape index (κ3) is 7.01. The topological polar surface area (TPSA) is 67.9 Å². The van der Waals surface area contributed by atoms with E-state index >= 15 is 0 Å². The van der Waals surface area contributed by atoms with Crippen LogP contribution in [0.25, 0.3) is 0 Å². The Morgan fingerprint density at radius 3 is 2.44 bits per heavy atom. The van der Waals surface area contributed by atoms with Gasteiger partial charge in [0.25, 0.3) is 5.91 Å². The first-order valence-corrected chi connectivity index (χ1v) is 11.4. The quantitative estimate of drug-likeness (QED) is 0.602. The standard InChI is InChI=1S/C26H34N2O4/c1-19-10-11-23(17-21(19)3)32-18-26(30)28-14-12-22(13-15-28)27-25(29)9-6-16-31-24-8-5-4-7-20(24)2/h4-5,7-8,10-11,17,22H,6,9,12-16,18H2,1-3H3,(H,27,29). The molecule has 0 spiro atoms. The van der Waals surface area contributed by atoms with Gasteiger partial charge in [0.1, 0.15) is 11.5 Å². The third-order valence-corrected chi connectivity index (χ3v) is 5.95. The number of hydrogen-bond acceptors (Lipinski definition) is 4. The van der Waals surface area contributed by atoms with Crippen molar-refractivity contribution < 1.29 is 19.1 Å². The second-order valence-electron chi connectivity index (χ2n) is 8.47. The van der Waals surface area contributed by atoms with Crippen LogP contribution in [0.15, 0.2) is 42.5 Å². The lowest BCUT2D eigenvalue weighted by molar-refractivity contribution is -0.134. The van der Waals surface area contributed by atoms with Gasteiger partial charge in [0.2, 0.25) is 5.91 Å². The average molecular weight is 439 g/mol. The fraction of sp³-hybridized carbons (Fsp3) is 0.462. The van der Waals surface area contributed by atoms with E-state index in [2.05, 4.69) is 5.32 Å². The van der Waals surface area contributed by atoms with Gasteiger partial charge >= 0.3 is 0 Å². The molecule has 2 aromatic rings. The Morgan fingerprint density at radius 1 is 0.969 bits per heavy atom. The lowest BCUT2D eigenvalue weighted by atomic mass is 10.0. The molecule has 2 aromatic carbocycles. The number of carbonyl (C=O) groups excluding carboxylic acids is 2. The molecule has 0 saturated carbocycles. The highest BCUT2D eigenvalue weighted by Crippen LogP contribution is 2.18. The normalized spacial score (nSPS) is 14.2. The van der Waals surface area contributed by atoms with E-state index in [9.17, 15) is 9.59 Å². The van der Waals surface area contributed by atoms with E-state index in [-0.39, 0.29) is 24.5 Å². The zero-order chi connectivity index (χ0) is 22.9. The number of para-hydroxylation sites is 1. The van der Waals surface area contributed by atoms with Crippen molar-refractivity contribution in [1.29, 1.82) is 0 Å². The monoisotopic (exact) mass is 438 g/mol. The largest absolute Gasteiger partial charge is 0.493 e. The van der Waals surface area contributed by atoms with Crippen LogP contribution in [-0.4, -0.2) is 49.1 Å². The summed E-state index contributed by atoms with van der Waals surface area (Å²) in [6.45, 7) is 7.92. The predicted octanol–water partition coefficient (Wildman–Crippen LogP) is 3.96. The van der Waals surface area contributed by atoms with Gasteiger partial charge in [-0.05, 0) is 74.9 Å². The van der Waals surface area contributed by atoms with E-state index in [1.807, 2.05) is 68.1 Å². The van der Waals surface area contributed by atoms with Crippen LogP contribution in [0.3, 0.4) is 0 Å². The minimum atomic E-state index is -0.0126. The van der Waals surface area contributed by atoms with Crippen molar-refractivity contribution in [1.82, 2.24) is 10.2 Å². The molecule has 0 aromatic heterocycles. The van der Waals surface area contributed by atoms with Crippen LogP contribution in [-0.2, 0) is 9.59 Å². The molecule has 172 valence electrons. The van der Waals surface area contributed by atoms with E-state index in [1.165, 1.54) is 5.56 Å². The molecule has 2 amide bonds. The van der Waals surface area contributed by atoms with Crippen LogP contribution in [0.1, 0.15) is 42.4 Å². The van der Waals surface area contributed by atoms with Crippen LogP contribution in [0, 0.1) is 20.8 Å². The summed E-state index contributed by atoms with van der Waals surface area (Å²) in [5.74, 6) is 1.61. The summed E-state index contributed by atoms with van der Waals surface area (Å²) in [5, 5.41) is 3.09. The highest BCUT2D eigenvalue weighted by atomic mass is 16.5. The Kier molecular flexibility index (Phi) is 8.54. The van der Waals surface area contributed by atoms with Gasteiger partial charge in [-0.15, -0.1) is 0 Å². The Balaban J connectivity index is 1.30. The second-order valence-corrected chi connectivity index (χ2v) is 8.47. The van der Waals surface area contributed by atoms with E-state index < -0.39 is 0 Å². The molecule has 1 fully saturated rings. The number of ether oxygens (including phenoxy) is 2. The zero-order valence-corrected chi connectivity index (χ0v) is 19.4. The summed E-state index contributed by atoms with van der Waals surface area (Å²) < 4.78 is 11.4. The average Bonchev–Trinajstić information content (AvgIpc) is 2.79. The first kappa shape index (κ1) is 23.6. The maximum absolute atomic E-state index is 12.5. The fourth-order valence-corrected chi connectivity index (χ4v) is 3.75. The van der Waals surface area contributed by atoms with Crippen LogP contribution < -0.4 is 14.8 Å². The first-order valence-electron chi connectivity index (χ1n) is 11.4. The molecule has 1 aliphatic rings. The summed E-state index contributed by atoms with van der Waals surface area (Å²) in [6, 6.07) is 13.8. The summed E-state index contributed by atoms with van der Waals surface area (Å²) >= 11 is 0. The van der Waals surface area contributed by atoms with Gasteiger partial charge in [0, 0.05) is 25.6 Å². The molecule has 32 heavy (non-hydrogen) atoms. The molecule has 1 saturated heterocycles. The van der Waals surface area contributed by atoms with Crippen LogP contribution in [0.5, 0.6) is 11.5 Å². The van der Waals surface area contributed by atoms with Crippen LogP contribution >= 0.6 is 0 Å². The molecular formula is C26H34N2O4. The number of aryl methyl sites for hydroxylation is 3. The molecule has 0 bridgehead atoms. The highest BCUT2D eigenvalue weighted by molar-refractivity contribution is 5.78. The van der Waals surface area contributed by atoms with Gasteiger partial charge in [-0.2, -0.15) is 0 Å². The summed E-state index contributed by atoms with van der Waals surface area (Å²) in [4.78, 5) is 26.5. The number of nitrogens with zero attached hydrogens (tertiary/aromatic N) is 1. The molecule has 0 unspecified atom stereocenters. The number of piperidine rings is 1. The van der Waals surface area contributed by atoms with E-state index in [0.29, 0.717) is 32.5 Å². The minimum Gasteiger partial charge on any atom is -0.493 e. The van der Waals surface area contributed by atoms with Crippen LogP contribution in [0.2, 0.25) is 0 Å². The minimum absolute atomic E-state index is 0.0126. The summed E-state index contributed by atoms with van der Waals surface area (Å²) in [6.07, 6.45) is 2.64. The Hall–Kier alpha value is -3.02. The second kappa shape index (κ2) is 11.6. The van der Waals surface area contributed by atoms with Crippen molar-refractivity contribution in [3.63, 3.8) is 0 Å². The van der Waals surface area contributed by atoms with E-state index in [4.69, 9.17) is 9.47 Å². The van der Waals surface area contributed by atoms with Gasteiger partial charge < -0.3 is 19.7 Å². The molecule has 0 radical (unpaired) electrons. The van der Waals surface area contributed by atoms with Crippen molar-refractivity contribution in [2.45, 2.75) is 52.5 Å². The Labute approximate surface area is 190 Å². The molecule has 1 aliphatic heterocycles. The van der Waals surface area contributed by atoms with E-state index in [0.717, 1.165) is 35.5 Å². The third-order valence-electron chi connectivity index (χ3n) is 5.95. The Morgan fingerprint density at radius 2 is 1.72 bits per heavy atom. The number of nitrogens with one attached hydrogen (secondary N) is 1. The molecule has 6 nitrogen and oxygen atoms in total. The van der Waals surface area contributed by atoms with Crippen molar-refractivity contribution in [3.8, 4) is 11.5 Å². The zero-order valence-electron chi connectivity index (χ0n) is 19.4. The fourth-order valence-electron chi connectivity index (χ4n) is 3.75. The van der Waals surface area contributed by atoms with Gasteiger partial charge in [0.05, 0.1) is 6.61 Å². The molecule has 0 aliphatic carbocycles. The molecule has 0 atom stereocenters. The number of benzene rings is 2. The number of carbonyl (C=O) groups is 2. The lowest BCUT2D eigenvalue weighted by Gasteiger charge is -2.32. The maximum atomic E-state index is 12.5. The smallest absolute Gasteiger partial charge is 0.260 e. The Bertz CT molecular complexity index is 920. The van der Waals surface area contributed by atoms with Crippen molar-refractivity contribution >= 4 is 11.8 Å². The summed E-state index contributed by atoms with van der Waals surface area (Å²) in [7, 11) is 0.